The number of hydrogen-bond donors (Lipinski definition) is 0. The fourth-order valence-electron chi connectivity index (χ4n) is 1.42. The van der Waals surface area contributed by atoms with E-state index in [1.165, 1.54) is 12.3 Å². The van der Waals surface area contributed by atoms with Crippen LogP contribution in [0.5, 0.6) is 0 Å². The zero-order chi connectivity index (χ0) is 13.8. The number of nitro groups is 1. The van der Waals surface area contributed by atoms with Crippen molar-refractivity contribution >= 4 is 29.2 Å². The van der Waals surface area contributed by atoms with Gasteiger partial charge in [0.1, 0.15) is 0 Å². The summed E-state index contributed by atoms with van der Waals surface area (Å²) >= 11 is 5.74. The van der Waals surface area contributed by atoms with E-state index in [0.717, 1.165) is 17.7 Å². The maximum atomic E-state index is 13.1. The van der Waals surface area contributed by atoms with Crippen LogP contribution in [0, 0.1) is 15.9 Å². The van der Waals surface area contributed by atoms with Crippen LogP contribution < -0.4 is 0 Å². The molecule has 0 amide bonds. The van der Waals surface area contributed by atoms with Gasteiger partial charge in [0.15, 0.2) is 0 Å². The topological polar surface area (TPSA) is 55.5 Å². The molecule has 0 saturated carbocycles. The molecule has 0 unspecified atom stereocenters. The predicted molar refractivity (Wildman–Crippen MR) is 71.8 cm³/mol. The zero-order valence-electron chi connectivity index (χ0n) is 9.59. The average molecular weight is 279 g/mol. The second-order valence-corrected chi connectivity index (χ2v) is 4.14. The molecule has 0 N–H and O–H groups in total. The smallest absolute Gasteiger partial charge is 0.258 e. The van der Waals surface area contributed by atoms with E-state index in [0.29, 0.717) is 10.7 Å². The maximum absolute atomic E-state index is 13.1. The predicted octanol–water partition coefficient (Wildman–Crippen LogP) is 4.14. The van der Waals surface area contributed by atoms with Crippen molar-refractivity contribution in [2.24, 2.45) is 4.99 Å². The number of nitrogens with zero attached hydrogens (tertiary/aromatic N) is 2. The van der Waals surface area contributed by atoms with E-state index in [9.17, 15) is 14.5 Å². The molecule has 2 aromatic rings. The molecule has 2 rings (SSSR count). The lowest BCUT2D eigenvalue weighted by atomic mass is 10.2. The van der Waals surface area contributed by atoms with Crippen LogP contribution in [0.25, 0.3) is 0 Å². The highest BCUT2D eigenvalue weighted by atomic mass is 35.5. The Morgan fingerprint density at radius 2 is 1.89 bits per heavy atom. The van der Waals surface area contributed by atoms with Gasteiger partial charge in [-0.05, 0) is 29.8 Å². The lowest BCUT2D eigenvalue weighted by molar-refractivity contribution is -0.387. The first-order valence-electron chi connectivity index (χ1n) is 5.30. The van der Waals surface area contributed by atoms with Crippen molar-refractivity contribution in [3.8, 4) is 0 Å². The molecular formula is C13H8ClFN2O2. The van der Waals surface area contributed by atoms with Gasteiger partial charge in [0, 0.05) is 17.3 Å². The van der Waals surface area contributed by atoms with E-state index in [2.05, 4.69) is 4.99 Å². The zero-order valence-corrected chi connectivity index (χ0v) is 10.3. The summed E-state index contributed by atoms with van der Waals surface area (Å²) in [7, 11) is 0. The van der Waals surface area contributed by atoms with Crippen molar-refractivity contribution in [2.45, 2.75) is 0 Å². The summed E-state index contributed by atoms with van der Waals surface area (Å²) in [6, 6.07) is 10.4. The summed E-state index contributed by atoms with van der Waals surface area (Å²) in [5.41, 5.74) is 0.505. The van der Waals surface area contributed by atoms with Gasteiger partial charge in [-0.25, -0.2) is 0 Å². The number of hydrogen-bond acceptors (Lipinski definition) is 3. The molecule has 4 nitrogen and oxygen atoms in total. The highest BCUT2D eigenvalue weighted by molar-refractivity contribution is 6.30. The summed E-state index contributed by atoms with van der Waals surface area (Å²) in [5.74, 6) is -0.879. The molecule has 2 aromatic carbocycles. The van der Waals surface area contributed by atoms with Gasteiger partial charge in [-0.3, -0.25) is 15.1 Å². The molecule has 0 bridgehead atoms. The van der Waals surface area contributed by atoms with Crippen molar-refractivity contribution in [2.75, 3.05) is 0 Å². The van der Waals surface area contributed by atoms with Gasteiger partial charge >= 0.3 is 5.69 Å². The molecule has 0 fully saturated rings. The molecule has 0 saturated heterocycles. The monoisotopic (exact) mass is 278 g/mol. The minimum atomic E-state index is -0.879. The van der Waals surface area contributed by atoms with Crippen LogP contribution in [0.4, 0.5) is 15.8 Å². The van der Waals surface area contributed by atoms with Crippen LogP contribution >= 0.6 is 11.6 Å². The van der Waals surface area contributed by atoms with Crippen molar-refractivity contribution in [3.05, 3.63) is 69.0 Å². The summed E-state index contributed by atoms with van der Waals surface area (Å²) in [6.45, 7) is 0. The second kappa shape index (κ2) is 5.58. The third kappa shape index (κ3) is 3.35. The van der Waals surface area contributed by atoms with Gasteiger partial charge in [-0.15, -0.1) is 0 Å². The number of benzene rings is 2. The van der Waals surface area contributed by atoms with Crippen LogP contribution in [0.15, 0.2) is 47.5 Å². The third-order valence-corrected chi connectivity index (χ3v) is 2.61. The van der Waals surface area contributed by atoms with Gasteiger partial charge in [0.2, 0.25) is 5.82 Å². The number of halogens is 2. The van der Waals surface area contributed by atoms with Crippen LogP contribution in [0.2, 0.25) is 5.02 Å². The Bertz CT molecular complexity index is 642. The standard InChI is InChI=1S/C13H8ClFN2O2/c14-10-3-1-9(2-4-10)8-16-11-5-6-12(15)13(7-11)17(18)19/h1-8H. The van der Waals surface area contributed by atoms with Crippen LogP contribution in [0.1, 0.15) is 5.56 Å². The van der Waals surface area contributed by atoms with Crippen LogP contribution in [-0.2, 0) is 0 Å². The summed E-state index contributed by atoms with van der Waals surface area (Å²) in [6.07, 6.45) is 1.52. The SMILES string of the molecule is O=[N+]([O-])c1cc(N=Cc2ccc(Cl)cc2)ccc1F. The van der Waals surface area contributed by atoms with Gasteiger partial charge in [-0.2, -0.15) is 4.39 Å². The normalized spacial score (nSPS) is 10.8. The van der Waals surface area contributed by atoms with Gasteiger partial charge in [-0.1, -0.05) is 23.7 Å². The van der Waals surface area contributed by atoms with Crippen molar-refractivity contribution in [1.29, 1.82) is 0 Å². The molecule has 0 spiro atoms. The lowest BCUT2D eigenvalue weighted by Gasteiger charge is -1.97. The second-order valence-electron chi connectivity index (χ2n) is 3.70. The third-order valence-electron chi connectivity index (χ3n) is 2.36. The first-order valence-corrected chi connectivity index (χ1v) is 5.67. The maximum Gasteiger partial charge on any atom is 0.306 e. The first-order chi connectivity index (χ1) is 9.06. The molecule has 0 aliphatic rings. The first kappa shape index (κ1) is 13.2. The fourth-order valence-corrected chi connectivity index (χ4v) is 1.55. The average Bonchev–Trinajstić information content (AvgIpc) is 2.39. The fraction of sp³-hybridized carbons (Fsp3) is 0. The molecule has 19 heavy (non-hydrogen) atoms. The minimum Gasteiger partial charge on any atom is -0.258 e. The highest BCUT2D eigenvalue weighted by Crippen LogP contribution is 2.23. The van der Waals surface area contributed by atoms with Crippen LogP contribution in [-0.4, -0.2) is 11.1 Å². The van der Waals surface area contributed by atoms with Crippen molar-refractivity contribution in [1.82, 2.24) is 0 Å². The molecule has 0 radical (unpaired) electrons. The molecule has 0 atom stereocenters. The van der Waals surface area contributed by atoms with Crippen molar-refractivity contribution < 1.29 is 9.31 Å². The van der Waals surface area contributed by atoms with E-state index >= 15 is 0 Å². The largest absolute Gasteiger partial charge is 0.306 e. The minimum absolute atomic E-state index is 0.308. The molecule has 6 heteroatoms. The Morgan fingerprint density at radius 1 is 1.21 bits per heavy atom. The molecule has 0 heterocycles. The van der Waals surface area contributed by atoms with E-state index in [1.54, 1.807) is 24.3 Å². The summed E-state index contributed by atoms with van der Waals surface area (Å²) < 4.78 is 13.1. The van der Waals surface area contributed by atoms with Gasteiger partial charge < -0.3 is 0 Å². The Labute approximate surface area is 113 Å². The van der Waals surface area contributed by atoms with E-state index in [4.69, 9.17) is 11.6 Å². The van der Waals surface area contributed by atoms with E-state index in [-0.39, 0.29) is 0 Å². The number of nitro benzene ring substituents is 1. The molecule has 96 valence electrons. The lowest BCUT2D eigenvalue weighted by Crippen LogP contribution is -1.91. The molecular weight excluding hydrogens is 271 g/mol. The van der Waals surface area contributed by atoms with E-state index in [1.807, 2.05) is 0 Å². The number of aliphatic imine (C=N–C) groups is 1. The number of rotatable bonds is 3. The summed E-state index contributed by atoms with van der Waals surface area (Å²) in [4.78, 5) is 13.9. The van der Waals surface area contributed by atoms with Gasteiger partial charge in [0.05, 0.1) is 10.6 Å². The quantitative estimate of drug-likeness (QED) is 0.481. The molecule has 0 aromatic heterocycles. The Kier molecular flexibility index (Phi) is 3.87. The Morgan fingerprint density at radius 3 is 2.53 bits per heavy atom. The van der Waals surface area contributed by atoms with Crippen molar-refractivity contribution in [3.63, 3.8) is 0 Å². The highest BCUT2D eigenvalue weighted by Gasteiger charge is 2.13. The Hall–Kier alpha value is -2.27. The molecule has 0 aliphatic heterocycles. The van der Waals surface area contributed by atoms with Crippen LogP contribution in [0.3, 0.4) is 0 Å². The molecule has 0 aliphatic carbocycles. The van der Waals surface area contributed by atoms with Gasteiger partial charge in [0.25, 0.3) is 0 Å². The summed E-state index contributed by atoms with van der Waals surface area (Å²) in [5, 5.41) is 11.2. The van der Waals surface area contributed by atoms with E-state index < -0.39 is 16.4 Å². The Balaban J connectivity index is 2.26.